The molecule has 190 valence electrons. The molecule has 0 amide bonds. The van der Waals surface area contributed by atoms with Crippen LogP contribution in [-0.4, -0.2) is 62.4 Å². The molecule has 7 heteroatoms. The molecule has 0 saturated carbocycles. The van der Waals surface area contributed by atoms with Crippen LogP contribution in [0.4, 0.5) is 0 Å². The van der Waals surface area contributed by atoms with Gasteiger partial charge in [0.25, 0.3) is 0 Å². The second-order valence-electron chi connectivity index (χ2n) is 9.42. The summed E-state index contributed by atoms with van der Waals surface area (Å²) in [5.74, 6) is 0. The van der Waals surface area contributed by atoms with Crippen molar-refractivity contribution in [3.05, 3.63) is 107 Å². The Hall–Kier alpha value is -4.03. The lowest BCUT2D eigenvalue weighted by Crippen LogP contribution is -2.53. The van der Waals surface area contributed by atoms with Gasteiger partial charge in [-0.15, -0.1) is 0 Å². The fraction of sp³-hybridized carbons (Fsp3) is 0.323. The van der Waals surface area contributed by atoms with Gasteiger partial charge in [0.1, 0.15) is 0 Å². The van der Waals surface area contributed by atoms with Crippen LogP contribution in [0.15, 0.2) is 78.9 Å². The van der Waals surface area contributed by atoms with Crippen molar-refractivity contribution in [1.29, 1.82) is 15.8 Å². The number of nitrogens with zero attached hydrogens (tertiary/aromatic N) is 5. The van der Waals surface area contributed by atoms with E-state index in [9.17, 15) is 15.8 Å². The van der Waals surface area contributed by atoms with Crippen molar-refractivity contribution in [2.24, 2.45) is 0 Å². The maximum absolute atomic E-state index is 10.9. The molecule has 7 nitrogen and oxygen atoms in total. The van der Waals surface area contributed by atoms with Crippen LogP contribution in [0.1, 0.15) is 27.8 Å². The molecule has 2 fully saturated rings. The first-order valence-corrected chi connectivity index (χ1v) is 12.9. The van der Waals surface area contributed by atoms with Gasteiger partial charge < -0.3 is 9.47 Å². The second kappa shape index (κ2) is 11.2. The molecule has 2 aliphatic rings. The van der Waals surface area contributed by atoms with Crippen LogP contribution in [0.5, 0.6) is 0 Å². The van der Waals surface area contributed by atoms with E-state index in [2.05, 4.69) is 28.0 Å². The molecule has 0 N–H and O–H groups in total. The van der Waals surface area contributed by atoms with Crippen molar-refractivity contribution < 1.29 is 9.47 Å². The first-order chi connectivity index (χ1) is 18.7. The molecule has 0 aliphatic carbocycles. The summed E-state index contributed by atoms with van der Waals surface area (Å²) >= 11 is 0. The highest BCUT2D eigenvalue weighted by Gasteiger charge is 2.48. The van der Waals surface area contributed by atoms with Crippen molar-refractivity contribution in [3.63, 3.8) is 0 Å². The molecule has 2 atom stereocenters. The lowest BCUT2D eigenvalue weighted by atomic mass is 9.73. The van der Waals surface area contributed by atoms with Crippen LogP contribution >= 0.6 is 0 Å². The third-order valence-electron chi connectivity index (χ3n) is 7.63. The third-order valence-corrected chi connectivity index (χ3v) is 7.63. The Balaban J connectivity index is 1.81. The largest absolute Gasteiger partial charge is 0.379 e. The van der Waals surface area contributed by atoms with E-state index in [1.54, 1.807) is 0 Å². The van der Waals surface area contributed by atoms with Gasteiger partial charge in [0, 0.05) is 37.3 Å². The molecular weight excluding hydrogens is 474 g/mol. The van der Waals surface area contributed by atoms with Gasteiger partial charge in [-0.3, -0.25) is 9.80 Å². The minimum Gasteiger partial charge on any atom is -0.379 e. The van der Waals surface area contributed by atoms with E-state index < -0.39 is 11.1 Å². The predicted octanol–water partition coefficient (Wildman–Crippen LogP) is 3.76. The topological polar surface area (TPSA) is 96.3 Å². The normalized spacial score (nSPS) is 19.7. The minimum absolute atomic E-state index is 0.348. The molecule has 38 heavy (non-hydrogen) atoms. The fourth-order valence-corrected chi connectivity index (χ4v) is 5.84. The van der Waals surface area contributed by atoms with Crippen molar-refractivity contribution in [1.82, 2.24) is 9.80 Å². The van der Waals surface area contributed by atoms with E-state index in [0.717, 1.165) is 11.1 Å². The molecule has 2 heterocycles. The third kappa shape index (κ3) is 4.15. The highest BCUT2D eigenvalue weighted by molar-refractivity contribution is 5.61. The number of morpholine rings is 2. The average molecular weight is 504 g/mol. The van der Waals surface area contributed by atoms with Gasteiger partial charge in [-0.25, -0.2) is 0 Å². The monoisotopic (exact) mass is 503 g/mol. The molecule has 3 aromatic rings. The first-order valence-electron chi connectivity index (χ1n) is 12.9. The SMILES string of the molecule is N#Cc1c([C@](C#N)(c2ccccc2)N2CCOCC2)cccc1[C@](C#N)(c1ccccc1)N1CCOCC1. The molecule has 2 aliphatic heterocycles. The van der Waals surface area contributed by atoms with E-state index in [1.165, 1.54) is 0 Å². The molecule has 5 rings (SSSR count). The summed E-state index contributed by atoms with van der Waals surface area (Å²) < 4.78 is 11.2. The van der Waals surface area contributed by atoms with E-state index in [-0.39, 0.29) is 0 Å². The number of hydrogen-bond acceptors (Lipinski definition) is 7. The van der Waals surface area contributed by atoms with E-state index in [4.69, 9.17) is 9.47 Å². The summed E-state index contributed by atoms with van der Waals surface area (Å²) in [6.07, 6.45) is 0. The van der Waals surface area contributed by atoms with Gasteiger partial charge in [-0.1, -0.05) is 78.9 Å². The maximum Gasteiger partial charge on any atom is 0.161 e. The summed E-state index contributed by atoms with van der Waals surface area (Å²) in [5.41, 5.74) is 0.623. The smallest absolute Gasteiger partial charge is 0.161 e. The molecule has 2 saturated heterocycles. The summed E-state index contributed by atoms with van der Waals surface area (Å²) in [7, 11) is 0. The predicted molar refractivity (Wildman–Crippen MR) is 142 cm³/mol. The van der Waals surface area contributed by atoms with Gasteiger partial charge in [0.2, 0.25) is 0 Å². The van der Waals surface area contributed by atoms with Crippen molar-refractivity contribution in [2.45, 2.75) is 11.1 Å². The summed E-state index contributed by atoms with van der Waals surface area (Å²) in [5, 5.41) is 32.6. The Morgan fingerprint density at radius 2 is 0.947 bits per heavy atom. The van der Waals surface area contributed by atoms with Gasteiger partial charge in [0.15, 0.2) is 11.1 Å². The Labute approximate surface area is 223 Å². The zero-order chi connectivity index (χ0) is 26.4. The Kier molecular flexibility index (Phi) is 7.52. The van der Waals surface area contributed by atoms with Gasteiger partial charge >= 0.3 is 0 Å². The number of benzene rings is 3. The maximum atomic E-state index is 10.9. The van der Waals surface area contributed by atoms with E-state index in [0.29, 0.717) is 69.3 Å². The van der Waals surface area contributed by atoms with Gasteiger partial charge in [-0.05, 0) is 11.1 Å². The lowest BCUT2D eigenvalue weighted by molar-refractivity contribution is 0.00473. The highest BCUT2D eigenvalue weighted by Crippen LogP contribution is 2.44. The standard InChI is InChI=1S/C31H29N5O2/c32-22-27-28(30(23-33,25-8-3-1-4-9-25)35-14-18-37-19-15-35)12-7-13-29(27)31(24-34,26-10-5-2-6-11-26)36-16-20-38-21-17-36/h1-13H,14-21H2/t30-,31-/m0/s1. The second-order valence-corrected chi connectivity index (χ2v) is 9.42. The Bertz CT molecular complexity index is 1280. The van der Waals surface area contributed by atoms with Gasteiger partial charge in [0.05, 0.1) is 50.2 Å². The molecule has 0 spiro atoms. The average Bonchev–Trinajstić information content (AvgIpc) is 3.01. The molecule has 0 aromatic heterocycles. The first kappa shape index (κ1) is 25.6. The zero-order valence-corrected chi connectivity index (χ0v) is 21.2. The highest BCUT2D eigenvalue weighted by atomic mass is 16.5. The van der Waals surface area contributed by atoms with Crippen molar-refractivity contribution in [3.8, 4) is 18.2 Å². The Morgan fingerprint density at radius 1 is 0.553 bits per heavy atom. The lowest BCUT2D eigenvalue weighted by Gasteiger charge is -2.44. The van der Waals surface area contributed by atoms with Crippen LogP contribution in [0.25, 0.3) is 0 Å². The molecular formula is C31H29N5O2. The van der Waals surface area contributed by atoms with E-state index >= 15 is 0 Å². The van der Waals surface area contributed by atoms with Crippen molar-refractivity contribution >= 4 is 0 Å². The summed E-state index contributed by atoms with van der Waals surface area (Å²) in [6.45, 7) is 4.17. The van der Waals surface area contributed by atoms with Crippen LogP contribution in [-0.2, 0) is 20.6 Å². The van der Waals surface area contributed by atoms with Crippen LogP contribution in [0.2, 0.25) is 0 Å². The zero-order valence-electron chi connectivity index (χ0n) is 21.2. The number of nitriles is 3. The molecule has 0 bridgehead atoms. The molecule has 3 aromatic carbocycles. The summed E-state index contributed by atoms with van der Waals surface area (Å²) in [6, 6.07) is 32.5. The quantitative estimate of drug-likeness (QED) is 0.505. The summed E-state index contributed by atoms with van der Waals surface area (Å²) in [4.78, 5) is 4.19. The number of hydrogen-bond donors (Lipinski definition) is 0. The van der Waals surface area contributed by atoms with Gasteiger partial charge in [-0.2, -0.15) is 15.8 Å². The van der Waals surface area contributed by atoms with Crippen LogP contribution in [0.3, 0.4) is 0 Å². The van der Waals surface area contributed by atoms with E-state index in [1.807, 2.05) is 78.9 Å². The Morgan fingerprint density at radius 3 is 1.29 bits per heavy atom. The fourth-order valence-electron chi connectivity index (χ4n) is 5.84. The number of rotatable bonds is 6. The number of ether oxygens (including phenoxy) is 2. The van der Waals surface area contributed by atoms with Crippen molar-refractivity contribution in [2.75, 3.05) is 52.6 Å². The molecule has 0 unspecified atom stereocenters. The van der Waals surface area contributed by atoms with Crippen LogP contribution < -0.4 is 0 Å². The minimum atomic E-state index is -1.23. The molecule has 0 radical (unpaired) electrons. The van der Waals surface area contributed by atoms with Crippen LogP contribution in [0, 0.1) is 34.0 Å².